The van der Waals surface area contributed by atoms with Crippen molar-refractivity contribution >= 4 is 0 Å². The number of likely N-dealkylation sites (N-methyl/N-ethyl adjacent to an activating group) is 1. The highest BCUT2D eigenvalue weighted by Crippen LogP contribution is 2.30. The first kappa shape index (κ1) is 14.3. The molecule has 0 amide bonds. The third-order valence-corrected chi connectivity index (χ3v) is 4.07. The van der Waals surface area contributed by atoms with Gasteiger partial charge < -0.3 is 5.32 Å². The summed E-state index contributed by atoms with van der Waals surface area (Å²) < 4.78 is 1.95. The van der Waals surface area contributed by atoms with Crippen molar-refractivity contribution in [2.24, 2.45) is 7.05 Å². The highest BCUT2D eigenvalue weighted by atomic mass is 15.3. The van der Waals surface area contributed by atoms with Gasteiger partial charge in [0.2, 0.25) is 0 Å². The normalized spacial score (nSPS) is 21.3. The third-order valence-electron chi connectivity index (χ3n) is 4.07. The summed E-state index contributed by atoms with van der Waals surface area (Å²) in [5.74, 6) is 0. The van der Waals surface area contributed by atoms with E-state index in [2.05, 4.69) is 36.7 Å². The predicted octanol–water partition coefficient (Wildman–Crippen LogP) is 3.52. The van der Waals surface area contributed by atoms with Crippen LogP contribution in [0.25, 0.3) is 0 Å². The second kappa shape index (κ2) is 6.90. The minimum atomic E-state index is 0.349. The maximum absolute atomic E-state index is 4.58. The SMILES string of the molecule is CCc1nn(C)cc1C(NC)/C1=C/CCCCCC1. The molecule has 1 aromatic rings. The van der Waals surface area contributed by atoms with Gasteiger partial charge >= 0.3 is 0 Å². The summed E-state index contributed by atoms with van der Waals surface area (Å²) in [5, 5.41) is 8.09. The van der Waals surface area contributed by atoms with E-state index in [0.29, 0.717) is 6.04 Å². The van der Waals surface area contributed by atoms with Crippen LogP contribution in [0.2, 0.25) is 0 Å². The fourth-order valence-electron chi connectivity index (χ4n) is 3.09. The van der Waals surface area contributed by atoms with Gasteiger partial charge in [-0.25, -0.2) is 0 Å². The summed E-state index contributed by atoms with van der Waals surface area (Å²) in [6, 6.07) is 0.349. The molecule has 1 aliphatic rings. The van der Waals surface area contributed by atoms with Crippen molar-refractivity contribution in [3.63, 3.8) is 0 Å². The van der Waals surface area contributed by atoms with Crippen LogP contribution in [0.15, 0.2) is 17.8 Å². The van der Waals surface area contributed by atoms with Crippen LogP contribution in [0.4, 0.5) is 0 Å². The van der Waals surface area contributed by atoms with Gasteiger partial charge in [-0.1, -0.05) is 31.4 Å². The molecule has 1 atom stereocenters. The molecule has 0 fully saturated rings. The predicted molar refractivity (Wildman–Crippen MR) is 80.2 cm³/mol. The summed E-state index contributed by atoms with van der Waals surface area (Å²) >= 11 is 0. The Morgan fingerprint density at radius 2 is 2.11 bits per heavy atom. The smallest absolute Gasteiger partial charge is 0.0672 e. The Balaban J connectivity index is 2.26. The number of nitrogens with one attached hydrogen (secondary N) is 1. The Hall–Kier alpha value is -1.09. The van der Waals surface area contributed by atoms with E-state index >= 15 is 0 Å². The molecule has 1 unspecified atom stereocenters. The molecule has 106 valence electrons. The molecule has 3 nitrogen and oxygen atoms in total. The number of hydrogen-bond acceptors (Lipinski definition) is 2. The van der Waals surface area contributed by atoms with E-state index in [1.54, 1.807) is 5.57 Å². The number of aryl methyl sites for hydroxylation is 2. The van der Waals surface area contributed by atoms with Gasteiger partial charge in [-0.05, 0) is 39.2 Å². The zero-order valence-electron chi connectivity index (χ0n) is 12.6. The van der Waals surface area contributed by atoms with E-state index in [9.17, 15) is 0 Å². The zero-order chi connectivity index (χ0) is 13.7. The first-order valence-electron chi connectivity index (χ1n) is 7.64. The molecule has 0 saturated heterocycles. The van der Waals surface area contributed by atoms with Gasteiger partial charge in [0.1, 0.15) is 0 Å². The van der Waals surface area contributed by atoms with E-state index in [1.165, 1.54) is 49.8 Å². The molecule has 0 aliphatic heterocycles. The topological polar surface area (TPSA) is 29.9 Å². The minimum absolute atomic E-state index is 0.349. The lowest BCUT2D eigenvalue weighted by molar-refractivity contribution is 0.572. The van der Waals surface area contributed by atoms with Crippen LogP contribution in [0, 0.1) is 0 Å². The average Bonchev–Trinajstić information content (AvgIpc) is 2.73. The zero-order valence-corrected chi connectivity index (χ0v) is 12.6. The summed E-state index contributed by atoms with van der Waals surface area (Å²) in [6.07, 6.45) is 13.5. The van der Waals surface area contributed by atoms with Gasteiger partial charge in [0.05, 0.1) is 11.7 Å². The second-order valence-corrected chi connectivity index (χ2v) is 5.51. The number of aromatic nitrogens is 2. The van der Waals surface area contributed by atoms with Crippen molar-refractivity contribution in [2.45, 2.75) is 57.9 Å². The number of allylic oxidation sites excluding steroid dienone is 1. The lowest BCUT2D eigenvalue weighted by Crippen LogP contribution is -2.20. The molecular weight excluding hydrogens is 234 g/mol. The van der Waals surface area contributed by atoms with Gasteiger partial charge in [-0.3, -0.25) is 4.68 Å². The maximum Gasteiger partial charge on any atom is 0.0672 e. The Kier molecular flexibility index (Phi) is 5.20. The lowest BCUT2D eigenvalue weighted by Gasteiger charge is -2.22. The highest BCUT2D eigenvalue weighted by Gasteiger charge is 2.20. The van der Waals surface area contributed by atoms with Crippen molar-refractivity contribution in [2.75, 3.05) is 7.05 Å². The van der Waals surface area contributed by atoms with Gasteiger partial charge in [-0.15, -0.1) is 0 Å². The molecule has 3 heteroatoms. The Bertz CT molecular complexity index is 431. The van der Waals surface area contributed by atoms with E-state index in [1.807, 2.05) is 11.7 Å². The van der Waals surface area contributed by atoms with Crippen LogP contribution in [-0.2, 0) is 13.5 Å². The first-order valence-corrected chi connectivity index (χ1v) is 7.64. The Morgan fingerprint density at radius 3 is 2.84 bits per heavy atom. The molecule has 2 rings (SSSR count). The fraction of sp³-hybridized carbons (Fsp3) is 0.688. The summed E-state index contributed by atoms with van der Waals surface area (Å²) in [6.45, 7) is 2.19. The molecule has 1 aromatic heterocycles. The third kappa shape index (κ3) is 3.47. The molecule has 1 heterocycles. The fourth-order valence-corrected chi connectivity index (χ4v) is 3.09. The number of hydrogen-bond donors (Lipinski definition) is 1. The van der Waals surface area contributed by atoms with Crippen molar-refractivity contribution < 1.29 is 0 Å². The van der Waals surface area contributed by atoms with Crippen LogP contribution in [-0.4, -0.2) is 16.8 Å². The van der Waals surface area contributed by atoms with Gasteiger partial charge in [0, 0.05) is 18.8 Å². The molecule has 0 saturated carbocycles. The summed E-state index contributed by atoms with van der Waals surface area (Å²) in [4.78, 5) is 0. The number of nitrogens with zero attached hydrogens (tertiary/aromatic N) is 2. The van der Waals surface area contributed by atoms with Crippen molar-refractivity contribution in [1.82, 2.24) is 15.1 Å². The maximum atomic E-state index is 4.58. The van der Waals surface area contributed by atoms with Crippen molar-refractivity contribution in [1.29, 1.82) is 0 Å². The van der Waals surface area contributed by atoms with Crippen LogP contribution < -0.4 is 5.32 Å². The van der Waals surface area contributed by atoms with E-state index in [-0.39, 0.29) is 0 Å². The van der Waals surface area contributed by atoms with E-state index in [4.69, 9.17) is 0 Å². The molecule has 0 bridgehead atoms. The lowest BCUT2D eigenvalue weighted by atomic mass is 9.91. The van der Waals surface area contributed by atoms with Gasteiger partial charge in [0.15, 0.2) is 0 Å². The second-order valence-electron chi connectivity index (χ2n) is 5.51. The highest BCUT2D eigenvalue weighted by molar-refractivity contribution is 5.30. The standard InChI is InChI=1S/C16H27N3/c1-4-15-14(12-19(3)18-15)16(17-2)13-10-8-6-5-7-9-11-13/h10,12,16-17H,4-9,11H2,1-3H3/b13-10+. The van der Waals surface area contributed by atoms with Crippen molar-refractivity contribution in [3.8, 4) is 0 Å². The first-order chi connectivity index (χ1) is 9.26. The van der Waals surface area contributed by atoms with E-state index in [0.717, 1.165) is 6.42 Å². The monoisotopic (exact) mass is 261 g/mol. The van der Waals surface area contributed by atoms with Crippen LogP contribution in [0.3, 0.4) is 0 Å². The quantitative estimate of drug-likeness (QED) is 0.840. The average molecular weight is 261 g/mol. The molecule has 1 aliphatic carbocycles. The molecule has 19 heavy (non-hydrogen) atoms. The minimum Gasteiger partial charge on any atom is -0.309 e. The molecule has 1 N–H and O–H groups in total. The molecular formula is C16H27N3. The Labute approximate surface area is 117 Å². The van der Waals surface area contributed by atoms with Crippen LogP contribution >= 0.6 is 0 Å². The Morgan fingerprint density at radius 1 is 1.32 bits per heavy atom. The number of rotatable bonds is 4. The largest absolute Gasteiger partial charge is 0.309 e. The van der Waals surface area contributed by atoms with Gasteiger partial charge in [-0.2, -0.15) is 5.10 Å². The van der Waals surface area contributed by atoms with Gasteiger partial charge in [0.25, 0.3) is 0 Å². The summed E-state index contributed by atoms with van der Waals surface area (Å²) in [7, 11) is 4.08. The van der Waals surface area contributed by atoms with Crippen LogP contribution in [0.5, 0.6) is 0 Å². The van der Waals surface area contributed by atoms with Crippen molar-refractivity contribution in [3.05, 3.63) is 29.1 Å². The van der Waals surface area contributed by atoms with E-state index < -0.39 is 0 Å². The molecule has 0 radical (unpaired) electrons. The summed E-state index contributed by atoms with van der Waals surface area (Å²) in [5.41, 5.74) is 4.15. The molecule has 0 spiro atoms. The van der Waals surface area contributed by atoms with Crippen LogP contribution in [0.1, 0.15) is 62.7 Å². The molecule has 0 aromatic carbocycles.